The quantitative estimate of drug-likeness (QED) is 0.373. The van der Waals surface area contributed by atoms with Crippen molar-refractivity contribution in [2.24, 2.45) is 0 Å². The number of hydrogen-bond acceptors (Lipinski definition) is 3. The first-order valence-corrected chi connectivity index (χ1v) is 11.6. The number of aromatic nitrogens is 2. The molecule has 5 nitrogen and oxygen atoms in total. The molecule has 0 bridgehead atoms. The number of carbonyl (C=O) groups is 1. The lowest BCUT2D eigenvalue weighted by Gasteiger charge is -2.36. The van der Waals surface area contributed by atoms with Gasteiger partial charge in [-0.05, 0) is 42.5 Å². The maximum atomic E-state index is 13.6. The number of rotatable bonds is 4. The van der Waals surface area contributed by atoms with Gasteiger partial charge < -0.3 is 9.80 Å². The second kappa shape index (κ2) is 9.30. The number of carbonyl (C=O) groups excluding carboxylic acids is 1. The molecular formula is C26H22Cl2N4O. The van der Waals surface area contributed by atoms with Gasteiger partial charge in [-0.3, -0.25) is 4.79 Å². The third-order valence-corrected chi connectivity index (χ3v) is 6.38. The highest BCUT2D eigenvalue weighted by atomic mass is 35.5. The number of hydrogen-bond donors (Lipinski definition) is 0. The summed E-state index contributed by atoms with van der Waals surface area (Å²) in [5, 5.41) is 6.07. The van der Waals surface area contributed by atoms with E-state index in [9.17, 15) is 4.79 Å². The van der Waals surface area contributed by atoms with Crippen LogP contribution in [0.25, 0.3) is 16.9 Å². The number of piperazine rings is 1. The van der Waals surface area contributed by atoms with Gasteiger partial charge in [0.15, 0.2) is 0 Å². The van der Waals surface area contributed by atoms with E-state index in [0.717, 1.165) is 30.0 Å². The molecule has 0 saturated carbocycles. The molecule has 0 radical (unpaired) electrons. The fourth-order valence-corrected chi connectivity index (χ4v) is 4.52. The Kier molecular flexibility index (Phi) is 6.07. The molecule has 1 fully saturated rings. The summed E-state index contributed by atoms with van der Waals surface area (Å²) in [5.41, 5.74) is 3.90. The van der Waals surface area contributed by atoms with Gasteiger partial charge in [0.05, 0.1) is 16.4 Å². The number of amides is 1. The van der Waals surface area contributed by atoms with Crippen LogP contribution < -0.4 is 4.90 Å². The molecule has 166 valence electrons. The molecule has 5 rings (SSSR count). The summed E-state index contributed by atoms with van der Waals surface area (Å²) >= 11 is 12.6. The van der Waals surface area contributed by atoms with E-state index in [1.807, 2.05) is 89.8 Å². The van der Waals surface area contributed by atoms with Crippen LogP contribution in [-0.4, -0.2) is 46.8 Å². The average molecular weight is 477 g/mol. The van der Waals surface area contributed by atoms with Crippen molar-refractivity contribution in [1.29, 1.82) is 0 Å². The van der Waals surface area contributed by atoms with Crippen molar-refractivity contribution in [3.63, 3.8) is 0 Å². The minimum atomic E-state index is -0.0459. The smallest absolute Gasteiger partial charge is 0.272 e. The minimum absolute atomic E-state index is 0.0459. The van der Waals surface area contributed by atoms with Gasteiger partial charge >= 0.3 is 0 Å². The molecule has 4 aromatic rings. The summed E-state index contributed by atoms with van der Waals surface area (Å²) in [6.45, 7) is 2.71. The van der Waals surface area contributed by atoms with Crippen LogP contribution in [0.5, 0.6) is 0 Å². The van der Waals surface area contributed by atoms with Crippen molar-refractivity contribution in [2.45, 2.75) is 0 Å². The molecule has 1 aliphatic rings. The van der Waals surface area contributed by atoms with Gasteiger partial charge in [-0.15, -0.1) is 0 Å². The zero-order chi connectivity index (χ0) is 22.8. The number of halogens is 2. The van der Waals surface area contributed by atoms with Gasteiger partial charge in [0.25, 0.3) is 5.91 Å². The molecular weight excluding hydrogens is 455 g/mol. The third kappa shape index (κ3) is 4.47. The predicted octanol–water partition coefficient (Wildman–Crippen LogP) is 5.81. The Hall–Kier alpha value is -3.28. The second-order valence-electron chi connectivity index (χ2n) is 7.90. The van der Waals surface area contributed by atoms with Gasteiger partial charge in [0.2, 0.25) is 0 Å². The van der Waals surface area contributed by atoms with Crippen LogP contribution in [0.15, 0.2) is 84.9 Å². The van der Waals surface area contributed by atoms with E-state index in [-0.39, 0.29) is 5.91 Å². The Balaban J connectivity index is 1.43. The zero-order valence-electron chi connectivity index (χ0n) is 17.9. The van der Waals surface area contributed by atoms with Crippen molar-refractivity contribution in [1.82, 2.24) is 14.7 Å². The van der Waals surface area contributed by atoms with E-state index in [1.165, 1.54) is 0 Å². The van der Waals surface area contributed by atoms with Gasteiger partial charge in [0.1, 0.15) is 5.69 Å². The molecule has 1 aliphatic heterocycles. The molecule has 2 heterocycles. The normalized spacial score (nSPS) is 13.9. The highest BCUT2D eigenvalue weighted by Crippen LogP contribution is 2.29. The van der Waals surface area contributed by atoms with E-state index < -0.39 is 0 Å². The van der Waals surface area contributed by atoms with E-state index in [1.54, 1.807) is 4.68 Å². The SMILES string of the molecule is O=C(c1cc(-c2ccccc2Cl)nn1-c1ccccc1)N1CCN(c2cccc(Cl)c2)CC1. The number of anilines is 1. The van der Waals surface area contributed by atoms with E-state index in [0.29, 0.717) is 34.5 Å². The lowest BCUT2D eigenvalue weighted by atomic mass is 10.1. The van der Waals surface area contributed by atoms with Gasteiger partial charge in [0, 0.05) is 42.5 Å². The molecule has 3 aromatic carbocycles. The predicted molar refractivity (Wildman–Crippen MR) is 134 cm³/mol. The molecule has 1 saturated heterocycles. The van der Waals surface area contributed by atoms with Crippen molar-refractivity contribution in [3.8, 4) is 16.9 Å². The van der Waals surface area contributed by atoms with E-state index in [4.69, 9.17) is 28.3 Å². The average Bonchev–Trinajstić information content (AvgIpc) is 3.30. The van der Waals surface area contributed by atoms with Crippen LogP contribution in [0.2, 0.25) is 10.0 Å². The Morgan fingerprint density at radius 2 is 1.45 bits per heavy atom. The van der Waals surface area contributed by atoms with Crippen LogP contribution in [-0.2, 0) is 0 Å². The number of para-hydroxylation sites is 1. The molecule has 0 atom stereocenters. The summed E-state index contributed by atoms with van der Waals surface area (Å²) in [4.78, 5) is 17.7. The monoisotopic (exact) mass is 476 g/mol. The Morgan fingerprint density at radius 3 is 2.18 bits per heavy atom. The van der Waals surface area contributed by atoms with Gasteiger partial charge in [-0.2, -0.15) is 5.10 Å². The van der Waals surface area contributed by atoms with Crippen LogP contribution in [0.3, 0.4) is 0 Å². The molecule has 0 N–H and O–H groups in total. The third-order valence-electron chi connectivity index (χ3n) is 5.82. The molecule has 33 heavy (non-hydrogen) atoms. The van der Waals surface area contributed by atoms with Crippen molar-refractivity contribution in [2.75, 3.05) is 31.1 Å². The number of benzene rings is 3. The van der Waals surface area contributed by atoms with Gasteiger partial charge in [-0.25, -0.2) is 4.68 Å². The molecule has 7 heteroatoms. The second-order valence-corrected chi connectivity index (χ2v) is 8.74. The maximum absolute atomic E-state index is 13.6. The first kappa shape index (κ1) is 21.6. The van der Waals surface area contributed by atoms with E-state index >= 15 is 0 Å². The van der Waals surface area contributed by atoms with E-state index in [2.05, 4.69) is 4.90 Å². The zero-order valence-corrected chi connectivity index (χ0v) is 19.4. The van der Waals surface area contributed by atoms with Crippen LogP contribution in [0.4, 0.5) is 5.69 Å². The Morgan fingerprint density at radius 1 is 0.758 bits per heavy atom. The van der Waals surface area contributed by atoms with Crippen molar-refractivity contribution in [3.05, 3.63) is 101 Å². The summed E-state index contributed by atoms with van der Waals surface area (Å²) < 4.78 is 1.71. The standard InChI is InChI=1S/C26H22Cl2N4O/c27-19-7-6-10-21(17-19)30-13-15-31(16-14-30)26(33)25-18-24(22-11-4-5-12-23(22)28)29-32(25)20-8-2-1-3-9-20/h1-12,17-18H,13-16H2. The highest BCUT2D eigenvalue weighted by molar-refractivity contribution is 6.33. The first-order valence-electron chi connectivity index (χ1n) is 10.8. The summed E-state index contributed by atoms with van der Waals surface area (Å²) in [6.07, 6.45) is 0. The fraction of sp³-hybridized carbons (Fsp3) is 0.154. The molecule has 0 unspecified atom stereocenters. The minimum Gasteiger partial charge on any atom is -0.368 e. The van der Waals surface area contributed by atoms with Crippen molar-refractivity contribution < 1.29 is 4.79 Å². The maximum Gasteiger partial charge on any atom is 0.272 e. The first-order chi connectivity index (χ1) is 16.1. The lowest BCUT2D eigenvalue weighted by molar-refractivity contribution is 0.0737. The fourth-order valence-electron chi connectivity index (χ4n) is 4.10. The number of nitrogens with zero attached hydrogens (tertiary/aromatic N) is 4. The molecule has 1 aromatic heterocycles. The summed E-state index contributed by atoms with van der Waals surface area (Å²) in [6, 6.07) is 26.9. The topological polar surface area (TPSA) is 41.4 Å². The largest absolute Gasteiger partial charge is 0.368 e. The molecule has 1 amide bonds. The molecule has 0 aliphatic carbocycles. The Labute approximate surface area is 202 Å². The van der Waals surface area contributed by atoms with Crippen molar-refractivity contribution >= 4 is 34.8 Å². The molecule has 0 spiro atoms. The summed E-state index contributed by atoms with van der Waals surface area (Å²) in [5.74, 6) is -0.0459. The Bertz CT molecular complexity index is 1280. The van der Waals surface area contributed by atoms with Crippen LogP contribution in [0, 0.1) is 0 Å². The van der Waals surface area contributed by atoms with Crippen LogP contribution in [0.1, 0.15) is 10.5 Å². The lowest BCUT2D eigenvalue weighted by Crippen LogP contribution is -2.49. The van der Waals surface area contributed by atoms with Gasteiger partial charge in [-0.1, -0.05) is 65.7 Å². The summed E-state index contributed by atoms with van der Waals surface area (Å²) in [7, 11) is 0. The van der Waals surface area contributed by atoms with Crippen LogP contribution >= 0.6 is 23.2 Å². The highest BCUT2D eigenvalue weighted by Gasteiger charge is 2.26.